The van der Waals surface area contributed by atoms with E-state index in [1.54, 1.807) is 61.8 Å². The summed E-state index contributed by atoms with van der Waals surface area (Å²) in [5, 5.41) is 6.12. The van der Waals surface area contributed by atoms with Gasteiger partial charge >= 0.3 is 5.97 Å². The molecule has 2 aromatic heterocycles. The number of halogens is 1. The van der Waals surface area contributed by atoms with Gasteiger partial charge in [-0.1, -0.05) is 11.6 Å². The lowest BCUT2D eigenvalue weighted by Gasteiger charge is -2.13. The number of carbonyl (C=O) groups is 2. The van der Waals surface area contributed by atoms with E-state index in [1.807, 2.05) is 0 Å². The van der Waals surface area contributed by atoms with Gasteiger partial charge in [0, 0.05) is 18.1 Å². The summed E-state index contributed by atoms with van der Waals surface area (Å²) in [6.45, 7) is 2.06. The number of pyridine rings is 2. The number of rotatable bonds is 6. The first-order valence-electron chi connectivity index (χ1n) is 8.48. The van der Waals surface area contributed by atoms with Crippen molar-refractivity contribution in [2.24, 2.45) is 0 Å². The van der Waals surface area contributed by atoms with Gasteiger partial charge in [-0.15, -0.1) is 0 Å². The van der Waals surface area contributed by atoms with E-state index in [-0.39, 0.29) is 11.1 Å². The molecule has 0 atom stereocenters. The maximum Gasteiger partial charge on any atom is 0.338 e. The molecule has 0 radical (unpaired) electrons. The van der Waals surface area contributed by atoms with Gasteiger partial charge in [0.15, 0.2) is 0 Å². The number of hydrogen-bond acceptors (Lipinski definition) is 6. The fourth-order valence-electron chi connectivity index (χ4n) is 2.41. The highest BCUT2D eigenvalue weighted by atomic mass is 35.5. The van der Waals surface area contributed by atoms with Gasteiger partial charge in [0.2, 0.25) is 0 Å². The fraction of sp³-hybridized carbons (Fsp3) is 0.100. The van der Waals surface area contributed by atoms with Crippen LogP contribution in [0.1, 0.15) is 27.6 Å². The minimum Gasteiger partial charge on any atom is -0.462 e. The number of carbonyl (C=O) groups excluding carboxylic acids is 2. The van der Waals surface area contributed by atoms with Crippen LogP contribution in [0.3, 0.4) is 0 Å². The van der Waals surface area contributed by atoms with Crippen LogP contribution >= 0.6 is 11.6 Å². The lowest BCUT2D eigenvalue weighted by molar-refractivity contribution is 0.0526. The van der Waals surface area contributed by atoms with Gasteiger partial charge in [-0.05, 0) is 49.4 Å². The average Bonchev–Trinajstić information content (AvgIpc) is 2.69. The van der Waals surface area contributed by atoms with Crippen molar-refractivity contribution in [1.29, 1.82) is 0 Å². The van der Waals surface area contributed by atoms with E-state index in [9.17, 15) is 9.59 Å². The number of anilines is 3. The maximum atomic E-state index is 12.6. The molecule has 0 bridgehead atoms. The Balaban J connectivity index is 1.81. The van der Waals surface area contributed by atoms with Gasteiger partial charge in [-0.2, -0.15) is 0 Å². The molecule has 0 aliphatic rings. The molecule has 3 rings (SSSR count). The Hall–Kier alpha value is -3.45. The van der Waals surface area contributed by atoms with E-state index in [4.69, 9.17) is 16.3 Å². The lowest BCUT2D eigenvalue weighted by atomic mass is 10.1. The number of ether oxygens (including phenoxy) is 1. The summed E-state index contributed by atoms with van der Waals surface area (Å²) >= 11 is 6.00. The second kappa shape index (κ2) is 8.96. The van der Waals surface area contributed by atoms with Gasteiger partial charge < -0.3 is 15.4 Å². The van der Waals surface area contributed by atoms with E-state index in [2.05, 4.69) is 20.6 Å². The van der Waals surface area contributed by atoms with Crippen molar-refractivity contribution in [1.82, 2.24) is 9.97 Å². The van der Waals surface area contributed by atoms with Crippen molar-refractivity contribution in [3.8, 4) is 0 Å². The topological polar surface area (TPSA) is 93.2 Å². The first kappa shape index (κ1) is 19.3. The molecule has 7 nitrogen and oxygen atoms in total. The lowest BCUT2D eigenvalue weighted by Crippen LogP contribution is -2.14. The predicted molar refractivity (Wildman–Crippen MR) is 107 cm³/mol. The molecule has 3 aromatic rings. The Labute approximate surface area is 166 Å². The first-order valence-corrected chi connectivity index (χ1v) is 8.85. The van der Waals surface area contributed by atoms with Crippen molar-refractivity contribution >= 4 is 40.5 Å². The van der Waals surface area contributed by atoms with Crippen molar-refractivity contribution in [3.05, 3.63) is 77.3 Å². The maximum absolute atomic E-state index is 12.6. The number of benzene rings is 1. The smallest absolute Gasteiger partial charge is 0.338 e. The van der Waals surface area contributed by atoms with Crippen LogP contribution < -0.4 is 10.6 Å². The van der Waals surface area contributed by atoms with Crippen molar-refractivity contribution in [2.75, 3.05) is 17.2 Å². The highest BCUT2D eigenvalue weighted by molar-refractivity contribution is 6.30. The van der Waals surface area contributed by atoms with E-state index in [1.165, 1.54) is 6.20 Å². The summed E-state index contributed by atoms with van der Waals surface area (Å²) in [5.41, 5.74) is 2.46. The van der Waals surface area contributed by atoms with E-state index in [0.717, 1.165) is 0 Å². The summed E-state index contributed by atoms with van der Waals surface area (Å²) in [7, 11) is 0. The van der Waals surface area contributed by atoms with Gasteiger partial charge in [0.25, 0.3) is 5.91 Å². The molecule has 1 amide bonds. The molecule has 2 N–H and O–H groups in total. The number of nitrogens with one attached hydrogen (secondary N) is 2. The minimum absolute atomic E-state index is 0.239. The molecule has 0 saturated carbocycles. The van der Waals surface area contributed by atoms with E-state index >= 15 is 0 Å². The Bertz CT molecular complexity index is 979. The molecule has 8 heteroatoms. The number of nitrogens with zero attached hydrogens (tertiary/aromatic N) is 2. The van der Waals surface area contributed by atoms with Crippen LogP contribution in [0.2, 0.25) is 5.15 Å². The van der Waals surface area contributed by atoms with Crippen molar-refractivity contribution in [2.45, 2.75) is 6.92 Å². The van der Waals surface area contributed by atoms with E-state index in [0.29, 0.717) is 34.8 Å². The second-order valence-corrected chi connectivity index (χ2v) is 6.06. The summed E-state index contributed by atoms with van der Waals surface area (Å²) < 4.78 is 4.97. The molecule has 0 spiro atoms. The summed E-state index contributed by atoms with van der Waals surface area (Å²) in [6, 6.07) is 11.7. The third-order valence-corrected chi connectivity index (χ3v) is 3.92. The van der Waals surface area contributed by atoms with Crippen molar-refractivity contribution in [3.63, 3.8) is 0 Å². The zero-order valence-corrected chi connectivity index (χ0v) is 15.7. The number of aromatic nitrogens is 2. The molecular formula is C20H17ClN4O3. The summed E-state index contributed by atoms with van der Waals surface area (Å²) in [4.78, 5) is 32.3. The molecule has 0 fully saturated rings. The van der Waals surface area contributed by atoms with Crippen LogP contribution in [0.5, 0.6) is 0 Å². The predicted octanol–water partition coefficient (Wildman–Crippen LogP) is 4.30. The first-order chi connectivity index (χ1) is 13.6. The highest BCUT2D eigenvalue weighted by Crippen LogP contribution is 2.24. The Morgan fingerprint density at radius 1 is 1.11 bits per heavy atom. The number of amides is 1. The minimum atomic E-state index is -0.391. The molecule has 0 saturated heterocycles. The van der Waals surface area contributed by atoms with Crippen LogP contribution in [-0.4, -0.2) is 28.5 Å². The summed E-state index contributed by atoms with van der Waals surface area (Å²) in [5.74, 6) is -0.750. The third-order valence-electron chi connectivity index (χ3n) is 3.71. The average molecular weight is 397 g/mol. The number of hydrogen-bond donors (Lipinski definition) is 2. The largest absolute Gasteiger partial charge is 0.462 e. The fourth-order valence-corrected chi connectivity index (χ4v) is 2.57. The number of esters is 1. The van der Waals surface area contributed by atoms with Crippen LogP contribution in [0, 0.1) is 0 Å². The van der Waals surface area contributed by atoms with Gasteiger partial charge in [0.05, 0.1) is 35.3 Å². The molecular weight excluding hydrogens is 380 g/mol. The van der Waals surface area contributed by atoms with Crippen LogP contribution in [0.25, 0.3) is 0 Å². The molecule has 0 unspecified atom stereocenters. The molecule has 28 heavy (non-hydrogen) atoms. The Morgan fingerprint density at radius 2 is 1.89 bits per heavy atom. The zero-order chi connectivity index (χ0) is 19.9. The van der Waals surface area contributed by atoms with Crippen LogP contribution in [0.4, 0.5) is 17.1 Å². The second-order valence-electron chi connectivity index (χ2n) is 5.67. The van der Waals surface area contributed by atoms with Gasteiger partial charge in [-0.3, -0.25) is 9.78 Å². The zero-order valence-electron chi connectivity index (χ0n) is 15.0. The molecule has 2 heterocycles. The Morgan fingerprint density at radius 3 is 2.57 bits per heavy atom. The Kier molecular flexibility index (Phi) is 6.18. The van der Waals surface area contributed by atoms with E-state index < -0.39 is 5.97 Å². The normalized spacial score (nSPS) is 10.2. The molecule has 142 valence electrons. The monoisotopic (exact) mass is 396 g/mol. The molecule has 0 aliphatic heterocycles. The summed E-state index contributed by atoms with van der Waals surface area (Å²) in [6.07, 6.45) is 4.55. The van der Waals surface area contributed by atoms with Crippen LogP contribution in [0.15, 0.2) is 61.1 Å². The SMILES string of the molecule is CCOC(=O)c1ccc(Nc2cc(Cl)ncc2C(=O)Nc2cccnc2)cc1. The molecule has 1 aromatic carbocycles. The molecule has 0 aliphatic carbocycles. The van der Waals surface area contributed by atoms with Gasteiger partial charge in [-0.25, -0.2) is 9.78 Å². The quantitative estimate of drug-likeness (QED) is 0.476. The van der Waals surface area contributed by atoms with Crippen LogP contribution in [-0.2, 0) is 4.74 Å². The third kappa shape index (κ3) is 4.83. The van der Waals surface area contributed by atoms with Crippen molar-refractivity contribution < 1.29 is 14.3 Å². The standard InChI is InChI=1S/C20H17ClN4O3/c1-2-28-20(27)13-5-7-14(8-6-13)24-17-10-18(21)23-12-16(17)19(26)25-15-4-3-9-22-11-15/h3-12H,2H2,1H3,(H,23,24)(H,25,26). The van der Waals surface area contributed by atoms with Gasteiger partial charge in [0.1, 0.15) is 5.15 Å². The highest BCUT2D eigenvalue weighted by Gasteiger charge is 2.14.